The highest BCUT2D eigenvalue weighted by atomic mass is 32.9. The quantitative estimate of drug-likeness (QED) is 0.696. The van der Waals surface area contributed by atoms with E-state index < -0.39 is 5.69 Å². The van der Waals surface area contributed by atoms with Crippen LogP contribution in [0.15, 0.2) is 0 Å². The van der Waals surface area contributed by atoms with Crippen molar-refractivity contribution in [3.8, 4) is 0 Å². The van der Waals surface area contributed by atoms with E-state index in [9.17, 15) is 0 Å². The van der Waals surface area contributed by atoms with Crippen LogP contribution in [-0.4, -0.2) is 30.2 Å². The average Bonchev–Trinajstić information content (AvgIpc) is 2.02. The Hall–Kier alpha value is 0.880. The first-order valence-electron chi connectivity index (χ1n) is 4.25. The summed E-state index contributed by atoms with van der Waals surface area (Å²) in [6.07, 6.45) is -0.367. The fourth-order valence-electron chi connectivity index (χ4n) is 0.627. The van der Waals surface area contributed by atoms with Crippen molar-refractivity contribution in [3.63, 3.8) is 0 Å². The summed E-state index contributed by atoms with van der Waals surface area (Å²) >= 11 is 6.65. The van der Waals surface area contributed by atoms with Gasteiger partial charge in [-0.15, -0.1) is 0 Å². The Morgan fingerprint density at radius 3 is 2.15 bits per heavy atom. The van der Waals surface area contributed by atoms with Crippen molar-refractivity contribution in [1.29, 1.82) is 0 Å². The molecule has 0 saturated heterocycles. The summed E-state index contributed by atoms with van der Waals surface area (Å²) in [7, 11) is 0. The van der Waals surface area contributed by atoms with Crippen LogP contribution in [0.5, 0.6) is 0 Å². The lowest BCUT2D eigenvalue weighted by Gasteiger charge is -2.20. The van der Waals surface area contributed by atoms with E-state index in [0.717, 1.165) is 0 Å². The molecule has 0 aromatic rings. The predicted octanol–water partition coefficient (Wildman–Crippen LogP) is 2.40. The smallest absolute Gasteiger partial charge is 0.247 e. The molecule has 1 atom stereocenters. The highest BCUT2D eigenvalue weighted by molar-refractivity contribution is 8.67. The molecule has 0 aliphatic carbocycles. The van der Waals surface area contributed by atoms with Gasteiger partial charge in [-0.25, -0.2) is 0 Å². The summed E-state index contributed by atoms with van der Waals surface area (Å²) in [4.78, 5) is 0. The lowest BCUT2D eigenvalue weighted by atomic mass is 10.5. The third-order valence-corrected chi connectivity index (χ3v) is 6.75. The van der Waals surface area contributed by atoms with Crippen molar-refractivity contribution in [3.05, 3.63) is 0 Å². The van der Waals surface area contributed by atoms with Crippen molar-refractivity contribution in [2.75, 3.05) is 19.0 Å². The SMILES string of the molecule is CCOP(=S)(OCC)SCC(C)O. The second-order valence-corrected chi connectivity index (χ2v) is 8.78. The first-order chi connectivity index (χ1) is 6.04. The number of rotatable bonds is 7. The number of aliphatic hydroxyl groups excluding tert-OH is 1. The molecule has 1 unspecified atom stereocenters. The fourth-order valence-corrected chi connectivity index (χ4v) is 5.34. The zero-order valence-electron chi connectivity index (χ0n) is 8.23. The van der Waals surface area contributed by atoms with Gasteiger partial charge in [0.05, 0.1) is 19.3 Å². The molecule has 0 heterocycles. The molecule has 0 bridgehead atoms. The Morgan fingerprint density at radius 1 is 1.38 bits per heavy atom. The van der Waals surface area contributed by atoms with E-state index >= 15 is 0 Å². The maximum absolute atomic E-state index is 9.09. The van der Waals surface area contributed by atoms with E-state index in [2.05, 4.69) is 0 Å². The topological polar surface area (TPSA) is 38.7 Å². The van der Waals surface area contributed by atoms with Gasteiger partial charge in [-0.2, -0.15) is 0 Å². The number of hydrogen-bond donors (Lipinski definition) is 1. The van der Waals surface area contributed by atoms with E-state index in [1.807, 2.05) is 13.8 Å². The molecule has 0 aliphatic rings. The molecular formula is C7H17O3PS2. The van der Waals surface area contributed by atoms with Crippen LogP contribution in [0.3, 0.4) is 0 Å². The average molecular weight is 244 g/mol. The summed E-state index contributed by atoms with van der Waals surface area (Å²) in [5, 5.41) is 9.09. The van der Waals surface area contributed by atoms with Gasteiger partial charge in [-0.1, -0.05) is 11.4 Å². The first-order valence-corrected chi connectivity index (χ1v) is 8.48. The van der Waals surface area contributed by atoms with Crippen LogP contribution in [0.4, 0.5) is 0 Å². The van der Waals surface area contributed by atoms with E-state index in [1.165, 1.54) is 11.4 Å². The zero-order valence-corrected chi connectivity index (χ0v) is 10.8. The highest BCUT2D eigenvalue weighted by Crippen LogP contribution is 2.60. The minimum atomic E-state index is -2.18. The molecule has 0 saturated carbocycles. The number of hydrogen-bond acceptors (Lipinski definition) is 5. The van der Waals surface area contributed by atoms with Crippen molar-refractivity contribution in [1.82, 2.24) is 0 Å². The van der Waals surface area contributed by atoms with Gasteiger partial charge in [-0.05, 0) is 32.6 Å². The third-order valence-electron chi connectivity index (χ3n) is 1.05. The molecule has 80 valence electrons. The minimum absolute atomic E-state index is 0.367. The van der Waals surface area contributed by atoms with Gasteiger partial charge in [0, 0.05) is 5.75 Å². The largest absolute Gasteiger partial charge is 0.393 e. The maximum Gasteiger partial charge on any atom is 0.247 e. The highest BCUT2D eigenvalue weighted by Gasteiger charge is 2.19. The molecule has 0 aromatic carbocycles. The van der Waals surface area contributed by atoms with Crippen molar-refractivity contribution in [2.24, 2.45) is 0 Å². The van der Waals surface area contributed by atoms with Crippen LogP contribution in [0.1, 0.15) is 20.8 Å². The first kappa shape index (κ1) is 13.9. The Labute approximate surface area is 89.1 Å². The Bertz CT molecular complexity index is 165. The number of aliphatic hydroxyl groups is 1. The van der Waals surface area contributed by atoms with Crippen LogP contribution in [-0.2, 0) is 20.9 Å². The second kappa shape index (κ2) is 7.21. The predicted molar refractivity (Wildman–Crippen MR) is 61.7 cm³/mol. The van der Waals surface area contributed by atoms with Gasteiger partial charge in [-0.3, -0.25) is 0 Å². The van der Waals surface area contributed by atoms with E-state index in [1.54, 1.807) is 6.92 Å². The van der Waals surface area contributed by atoms with E-state index in [-0.39, 0.29) is 6.10 Å². The summed E-state index contributed by atoms with van der Waals surface area (Å²) < 4.78 is 10.8. The van der Waals surface area contributed by atoms with Gasteiger partial charge in [0.25, 0.3) is 0 Å². The third kappa shape index (κ3) is 6.89. The molecule has 1 N–H and O–H groups in total. The summed E-state index contributed by atoms with van der Waals surface area (Å²) in [5.74, 6) is 0.567. The van der Waals surface area contributed by atoms with Crippen LogP contribution in [0.25, 0.3) is 0 Å². The molecule has 0 amide bonds. The zero-order chi connectivity index (χ0) is 10.3. The molecular weight excluding hydrogens is 227 g/mol. The Balaban J connectivity index is 3.99. The van der Waals surface area contributed by atoms with Crippen LogP contribution < -0.4 is 0 Å². The lowest BCUT2D eigenvalue weighted by Crippen LogP contribution is -2.03. The maximum atomic E-state index is 9.09. The molecule has 0 radical (unpaired) electrons. The summed E-state index contributed by atoms with van der Waals surface area (Å²) in [5.41, 5.74) is -2.18. The second-order valence-electron chi connectivity index (χ2n) is 2.43. The Morgan fingerprint density at radius 2 is 1.85 bits per heavy atom. The van der Waals surface area contributed by atoms with Crippen molar-refractivity contribution < 1.29 is 14.2 Å². The monoisotopic (exact) mass is 244 g/mol. The van der Waals surface area contributed by atoms with E-state index in [4.69, 9.17) is 26.0 Å². The fraction of sp³-hybridized carbons (Fsp3) is 1.00. The van der Waals surface area contributed by atoms with Crippen LogP contribution >= 0.6 is 17.1 Å². The van der Waals surface area contributed by atoms with Crippen LogP contribution in [0.2, 0.25) is 0 Å². The van der Waals surface area contributed by atoms with Gasteiger partial charge >= 0.3 is 0 Å². The van der Waals surface area contributed by atoms with E-state index in [0.29, 0.717) is 19.0 Å². The molecule has 0 aromatic heterocycles. The molecule has 0 spiro atoms. The Kier molecular flexibility index (Phi) is 7.70. The molecule has 0 rings (SSSR count). The standard InChI is InChI=1S/C7H17O3PS2/c1-4-9-11(12,10-5-2)13-6-7(3)8/h7-8H,4-6H2,1-3H3. The van der Waals surface area contributed by atoms with Gasteiger partial charge in [0.2, 0.25) is 5.69 Å². The van der Waals surface area contributed by atoms with Gasteiger partial charge in [0.15, 0.2) is 0 Å². The minimum Gasteiger partial charge on any atom is -0.393 e. The van der Waals surface area contributed by atoms with Crippen molar-refractivity contribution >= 4 is 28.9 Å². The molecule has 6 heteroatoms. The summed E-state index contributed by atoms with van der Waals surface area (Å²) in [6.45, 7) is 6.63. The molecule has 0 aliphatic heterocycles. The molecule has 0 fully saturated rings. The van der Waals surface area contributed by atoms with Crippen LogP contribution in [0, 0.1) is 0 Å². The molecule has 3 nitrogen and oxygen atoms in total. The van der Waals surface area contributed by atoms with Crippen molar-refractivity contribution in [2.45, 2.75) is 26.9 Å². The normalized spacial score (nSPS) is 14.5. The summed E-state index contributed by atoms with van der Waals surface area (Å²) in [6, 6.07) is 0. The lowest BCUT2D eigenvalue weighted by molar-refractivity contribution is 0.220. The van der Waals surface area contributed by atoms with Gasteiger partial charge < -0.3 is 14.2 Å². The van der Waals surface area contributed by atoms with Gasteiger partial charge in [0.1, 0.15) is 0 Å². The molecule has 13 heavy (non-hydrogen) atoms.